The molecule has 0 aliphatic rings. The van der Waals surface area contributed by atoms with Crippen molar-refractivity contribution >= 4 is 21.6 Å². The van der Waals surface area contributed by atoms with Crippen molar-refractivity contribution in [2.75, 3.05) is 5.32 Å². The minimum absolute atomic E-state index is 0.0253. The quantitative estimate of drug-likeness (QED) is 0.581. The van der Waals surface area contributed by atoms with E-state index in [4.69, 9.17) is 0 Å². The molecule has 3 aromatic rings. The van der Waals surface area contributed by atoms with Crippen molar-refractivity contribution in [2.24, 2.45) is 0 Å². The molecule has 0 aliphatic carbocycles. The number of hydrogen-bond donors (Lipinski definition) is 2. The lowest BCUT2D eigenvalue weighted by Gasteiger charge is -2.20. The SMILES string of the molecule is Cc1ccc(S(=O)(=O)N[C@@H](CC(=O)Nc2cc(C)ccc2C)c2ccccc2)cc1. The molecule has 0 aromatic heterocycles. The summed E-state index contributed by atoms with van der Waals surface area (Å²) in [6.45, 7) is 5.77. The molecule has 0 fully saturated rings. The Bertz CT molecular complexity index is 1120. The molecule has 0 spiro atoms. The van der Waals surface area contributed by atoms with Crippen LogP contribution in [0.3, 0.4) is 0 Å². The Balaban J connectivity index is 1.83. The van der Waals surface area contributed by atoms with Crippen molar-refractivity contribution in [3.63, 3.8) is 0 Å². The van der Waals surface area contributed by atoms with Crippen molar-refractivity contribution in [1.29, 1.82) is 0 Å². The zero-order valence-corrected chi connectivity index (χ0v) is 18.2. The van der Waals surface area contributed by atoms with Crippen LogP contribution >= 0.6 is 0 Å². The molecule has 0 saturated heterocycles. The highest BCUT2D eigenvalue weighted by atomic mass is 32.2. The average molecular weight is 423 g/mol. The van der Waals surface area contributed by atoms with E-state index in [9.17, 15) is 13.2 Å². The monoisotopic (exact) mass is 422 g/mol. The lowest BCUT2D eigenvalue weighted by atomic mass is 10.0. The topological polar surface area (TPSA) is 75.3 Å². The molecule has 0 heterocycles. The molecule has 1 amide bonds. The zero-order chi connectivity index (χ0) is 21.7. The largest absolute Gasteiger partial charge is 0.326 e. The van der Waals surface area contributed by atoms with E-state index < -0.39 is 16.1 Å². The minimum atomic E-state index is -3.79. The van der Waals surface area contributed by atoms with Gasteiger partial charge >= 0.3 is 0 Å². The first-order valence-electron chi connectivity index (χ1n) is 9.75. The molecule has 30 heavy (non-hydrogen) atoms. The average Bonchev–Trinajstić information content (AvgIpc) is 2.71. The second-order valence-corrected chi connectivity index (χ2v) is 9.18. The number of aryl methyl sites for hydroxylation is 3. The second kappa shape index (κ2) is 9.24. The van der Waals surface area contributed by atoms with E-state index in [-0.39, 0.29) is 17.2 Å². The van der Waals surface area contributed by atoms with E-state index in [0.29, 0.717) is 0 Å². The molecule has 0 radical (unpaired) electrons. The van der Waals surface area contributed by atoms with Gasteiger partial charge in [-0.2, -0.15) is 0 Å². The Labute approximate surface area is 178 Å². The molecular formula is C24H26N2O3S. The Kier molecular flexibility index (Phi) is 6.70. The van der Waals surface area contributed by atoms with Crippen LogP contribution in [0.15, 0.2) is 77.7 Å². The van der Waals surface area contributed by atoms with Crippen molar-refractivity contribution in [3.05, 3.63) is 95.1 Å². The molecule has 5 nitrogen and oxygen atoms in total. The minimum Gasteiger partial charge on any atom is -0.326 e. The van der Waals surface area contributed by atoms with Gasteiger partial charge in [0.25, 0.3) is 0 Å². The third kappa shape index (κ3) is 5.55. The Morgan fingerprint density at radius 3 is 2.17 bits per heavy atom. The molecule has 2 N–H and O–H groups in total. The highest BCUT2D eigenvalue weighted by Gasteiger charge is 2.24. The summed E-state index contributed by atoms with van der Waals surface area (Å²) in [5.41, 5.74) is 4.42. The summed E-state index contributed by atoms with van der Waals surface area (Å²) < 4.78 is 28.5. The number of hydrogen-bond acceptors (Lipinski definition) is 3. The van der Waals surface area contributed by atoms with Crippen LogP contribution in [0.5, 0.6) is 0 Å². The number of nitrogens with one attached hydrogen (secondary N) is 2. The fourth-order valence-corrected chi connectivity index (χ4v) is 4.37. The standard InChI is InChI=1S/C24H26N2O3S/c1-17-10-13-21(14-11-17)30(28,29)26-23(20-7-5-4-6-8-20)16-24(27)25-22-15-18(2)9-12-19(22)3/h4-15,23,26H,16H2,1-3H3,(H,25,27)/t23-/m0/s1. The van der Waals surface area contributed by atoms with E-state index in [1.165, 1.54) is 0 Å². The molecule has 1 atom stereocenters. The van der Waals surface area contributed by atoms with Gasteiger partial charge in [-0.05, 0) is 55.7 Å². The normalized spacial score (nSPS) is 12.4. The van der Waals surface area contributed by atoms with Gasteiger partial charge in [0, 0.05) is 12.1 Å². The van der Waals surface area contributed by atoms with Gasteiger partial charge in [0.05, 0.1) is 10.9 Å². The lowest BCUT2D eigenvalue weighted by molar-refractivity contribution is -0.116. The van der Waals surface area contributed by atoms with Crippen LogP contribution in [-0.2, 0) is 14.8 Å². The number of carbonyl (C=O) groups excluding carboxylic acids is 1. The van der Waals surface area contributed by atoms with Gasteiger partial charge in [-0.1, -0.05) is 60.2 Å². The van der Waals surface area contributed by atoms with Crippen LogP contribution in [0.4, 0.5) is 5.69 Å². The summed E-state index contributed by atoms with van der Waals surface area (Å²) in [6, 6.07) is 20.9. The first-order chi connectivity index (χ1) is 14.2. The number of rotatable bonds is 7. The summed E-state index contributed by atoms with van der Waals surface area (Å²) in [4.78, 5) is 13.0. The van der Waals surface area contributed by atoms with Crippen LogP contribution in [0.1, 0.15) is 34.7 Å². The van der Waals surface area contributed by atoms with E-state index >= 15 is 0 Å². The third-order valence-electron chi connectivity index (χ3n) is 4.89. The van der Waals surface area contributed by atoms with Gasteiger partial charge in [-0.25, -0.2) is 13.1 Å². The van der Waals surface area contributed by atoms with Gasteiger partial charge in [-0.3, -0.25) is 4.79 Å². The van der Waals surface area contributed by atoms with Gasteiger partial charge < -0.3 is 5.32 Å². The van der Waals surface area contributed by atoms with Gasteiger partial charge in [0.1, 0.15) is 0 Å². The van der Waals surface area contributed by atoms with E-state index in [0.717, 1.165) is 27.9 Å². The first kappa shape index (κ1) is 21.7. The van der Waals surface area contributed by atoms with Gasteiger partial charge in [0.2, 0.25) is 15.9 Å². The predicted molar refractivity (Wildman–Crippen MR) is 120 cm³/mol. The Hall–Kier alpha value is -2.96. The maximum Gasteiger partial charge on any atom is 0.241 e. The molecule has 0 aliphatic heterocycles. The molecule has 3 rings (SSSR count). The van der Waals surface area contributed by atoms with Gasteiger partial charge in [-0.15, -0.1) is 0 Å². The summed E-state index contributed by atoms with van der Waals surface area (Å²) in [6.07, 6.45) is -0.0253. The van der Waals surface area contributed by atoms with Gasteiger partial charge in [0.15, 0.2) is 0 Å². The van der Waals surface area contributed by atoms with Crippen molar-refractivity contribution < 1.29 is 13.2 Å². The second-order valence-electron chi connectivity index (χ2n) is 7.47. The Morgan fingerprint density at radius 1 is 0.867 bits per heavy atom. The maximum absolute atomic E-state index is 12.9. The first-order valence-corrected chi connectivity index (χ1v) is 11.2. The van der Waals surface area contributed by atoms with Crippen molar-refractivity contribution in [1.82, 2.24) is 4.72 Å². The van der Waals surface area contributed by atoms with Crippen molar-refractivity contribution in [2.45, 2.75) is 38.1 Å². The molecule has 0 unspecified atom stereocenters. The number of anilines is 1. The fraction of sp³-hybridized carbons (Fsp3) is 0.208. The van der Waals surface area contributed by atoms with E-state index in [1.807, 2.05) is 69.3 Å². The molecular weight excluding hydrogens is 396 g/mol. The smallest absolute Gasteiger partial charge is 0.241 e. The van der Waals surface area contributed by atoms with E-state index in [1.54, 1.807) is 24.3 Å². The number of benzene rings is 3. The molecule has 3 aromatic carbocycles. The fourth-order valence-electron chi connectivity index (χ4n) is 3.14. The van der Waals surface area contributed by atoms with Crippen LogP contribution in [0, 0.1) is 20.8 Å². The number of sulfonamides is 1. The van der Waals surface area contributed by atoms with Crippen LogP contribution < -0.4 is 10.0 Å². The summed E-state index contributed by atoms with van der Waals surface area (Å²) in [7, 11) is -3.79. The number of amides is 1. The predicted octanol–water partition coefficient (Wildman–Crippen LogP) is 4.66. The molecule has 6 heteroatoms. The zero-order valence-electron chi connectivity index (χ0n) is 17.3. The highest BCUT2D eigenvalue weighted by molar-refractivity contribution is 7.89. The summed E-state index contributed by atoms with van der Waals surface area (Å²) in [5.74, 6) is -0.260. The van der Waals surface area contributed by atoms with Crippen LogP contribution in [0.25, 0.3) is 0 Å². The summed E-state index contributed by atoms with van der Waals surface area (Å²) in [5, 5.41) is 2.91. The number of carbonyl (C=O) groups is 1. The molecule has 0 bridgehead atoms. The van der Waals surface area contributed by atoms with E-state index in [2.05, 4.69) is 10.0 Å². The highest BCUT2D eigenvalue weighted by Crippen LogP contribution is 2.23. The van der Waals surface area contributed by atoms with Crippen molar-refractivity contribution in [3.8, 4) is 0 Å². The van der Waals surface area contributed by atoms with Crippen LogP contribution in [0.2, 0.25) is 0 Å². The lowest BCUT2D eigenvalue weighted by Crippen LogP contribution is -2.31. The molecule has 0 saturated carbocycles. The molecule has 156 valence electrons. The third-order valence-corrected chi connectivity index (χ3v) is 6.37. The van der Waals surface area contributed by atoms with Crippen LogP contribution in [-0.4, -0.2) is 14.3 Å². The maximum atomic E-state index is 12.9. The Morgan fingerprint density at radius 2 is 1.50 bits per heavy atom. The summed E-state index contributed by atoms with van der Waals surface area (Å²) >= 11 is 0.